The summed E-state index contributed by atoms with van der Waals surface area (Å²) in [6, 6.07) is 4.44. The Bertz CT molecular complexity index is 368. The summed E-state index contributed by atoms with van der Waals surface area (Å²) in [4.78, 5) is 0. The average Bonchev–Trinajstić information content (AvgIpc) is 2.17. The van der Waals surface area contributed by atoms with Crippen LogP contribution in [0, 0.1) is 26.7 Å². The lowest BCUT2D eigenvalue weighted by Gasteiger charge is -2.28. The van der Waals surface area contributed by atoms with Crippen molar-refractivity contribution in [2.24, 2.45) is 5.92 Å². The van der Waals surface area contributed by atoms with Crippen molar-refractivity contribution >= 4 is 0 Å². The maximum atomic E-state index is 10.2. The molecule has 0 aromatic heterocycles. The Hall–Kier alpha value is -0.820. The van der Waals surface area contributed by atoms with E-state index in [1.165, 1.54) is 41.5 Å². The molecule has 2 rings (SSSR count). The van der Waals surface area contributed by atoms with Gasteiger partial charge in [-0.15, -0.1) is 0 Å². The standard InChI is InChI=1S/C16H24O/c1-11-7-12(2)16(13(3)8-11)10-15(17)9-14-5-4-6-14/h7-8,14-15,17H,4-6,9-10H2,1-3H3. The first-order chi connectivity index (χ1) is 8.06. The third kappa shape index (κ3) is 3.10. The van der Waals surface area contributed by atoms with E-state index in [9.17, 15) is 5.11 Å². The molecule has 0 radical (unpaired) electrons. The zero-order valence-electron chi connectivity index (χ0n) is 11.3. The molecular formula is C16H24O. The van der Waals surface area contributed by atoms with Crippen LogP contribution >= 0.6 is 0 Å². The van der Waals surface area contributed by atoms with Crippen molar-refractivity contribution in [1.29, 1.82) is 0 Å². The molecule has 1 aliphatic rings. The van der Waals surface area contributed by atoms with E-state index in [1.54, 1.807) is 0 Å². The first-order valence-electron chi connectivity index (χ1n) is 6.81. The van der Waals surface area contributed by atoms with Gasteiger partial charge in [0, 0.05) is 0 Å². The molecule has 0 saturated heterocycles. The summed E-state index contributed by atoms with van der Waals surface area (Å²) in [6.45, 7) is 6.45. The fourth-order valence-electron chi connectivity index (χ4n) is 2.96. The molecule has 1 aromatic rings. The zero-order valence-corrected chi connectivity index (χ0v) is 11.3. The van der Waals surface area contributed by atoms with E-state index < -0.39 is 0 Å². The van der Waals surface area contributed by atoms with Crippen LogP contribution in [0.5, 0.6) is 0 Å². The quantitative estimate of drug-likeness (QED) is 0.839. The minimum Gasteiger partial charge on any atom is -0.393 e. The van der Waals surface area contributed by atoms with Gasteiger partial charge in [-0.1, -0.05) is 37.0 Å². The highest BCUT2D eigenvalue weighted by molar-refractivity contribution is 5.37. The van der Waals surface area contributed by atoms with Gasteiger partial charge in [-0.3, -0.25) is 0 Å². The van der Waals surface area contributed by atoms with E-state index in [0.29, 0.717) is 0 Å². The highest BCUT2D eigenvalue weighted by atomic mass is 16.3. The molecule has 0 spiro atoms. The van der Waals surface area contributed by atoms with Crippen molar-refractivity contribution in [2.75, 3.05) is 0 Å². The van der Waals surface area contributed by atoms with Crippen LogP contribution in [-0.2, 0) is 6.42 Å². The number of aryl methyl sites for hydroxylation is 3. The van der Waals surface area contributed by atoms with Gasteiger partial charge in [0.1, 0.15) is 0 Å². The molecule has 0 aliphatic heterocycles. The smallest absolute Gasteiger partial charge is 0.0583 e. The Balaban J connectivity index is 2.01. The van der Waals surface area contributed by atoms with Gasteiger partial charge in [-0.2, -0.15) is 0 Å². The fourth-order valence-corrected chi connectivity index (χ4v) is 2.96. The van der Waals surface area contributed by atoms with E-state index in [1.807, 2.05) is 0 Å². The second-order valence-electron chi connectivity index (χ2n) is 5.77. The predicted octanol–water partition coefficient (Wildman–Crippen LogP) is 3.71. The molecule has 0 heterocycles. The Morgan fingerprint density at radius 3 is 2.24 bits per heavy atom. The van der Waals surface area contributed by atoms with Crippen LogP contribution in [0.4, 0.5) is 0 Å². The molecule has 17 heavy (non-hydrogen) atoms. The normalized spacial score (nSPS) is 17.9. The summed E-state index contributed by atoms with van der Waals surface area (Å²) in [7, 11) is 0. The molecule has 1 nitrogen and oxygen atoms in total. The van der Waals surface area contributed by atoms with Crippen molar-refractivity contribution in [3.05, 3.63) is 34.4 Å². The molecule has 1 unspecified atom stereocenters. The minimum absolute atomic E-state index is 0.152. The lowest BCUT2D eigenvalue weighted by atomic mass is 9.80. The molecule has 1 saturated carbocycles. The zero-order chi connectivity index (χ0) is 12.4. The van der Waals surface area contributed by atoms with E-state index in [-0.39, 0.29) is 6.10 Å². The predicted molar refractivity (Wildman–Crippen MR) is 72.3 cm³/mol. The monoisotopic (exact) mass is 232 g/mol. The molecule has 94 valence electrons. The summed E-state index contributed by atoms with van der Waals surface area (Å²) < 4.78 is 0. The van der Waals surface area contributed by atoms with Gasteiger partial charge in [0.25, 0.3) is 0 Å². The molecule has 1 fully saturated rings. The van der Waals surface area contributed by atoms with Crippen molar-refractivity contribution in [2.45, 2.75) is 59.0 Å². The molecule has 0 amide bonds. The Morgan fingerprint density at radius 1 is 1.18 bits per heavy atom. The van der Waals surface area contributed by atoms with Crippen LogP contribution < -0.4 is 0 Å². The average molecular weight is 232 g/mol. The van der Waals surface area contributed by atoms with Gasteiger partial charge in [-0.25, -0.2) is 0 Å². The van der Waals surface area contributed by atoms with Crippen LogP contribution in [-0.4, -0.2) is 11.2 Å². The third-order valence-corrected chi connectivity index (χ3v) is 4.11. The van der Waals surface area contributed by atoms with Crippen molar-refractivity contribution in [1.82, 2.24) is 0 Å². The van der Waals surface area contributed by atoms with Gasteiger partial charge in [-0.05, 0) is 56.2 Å². The van der Waals surface area contributed by atoms with Crippen molar-refractivity contribution in [3.8, 4) is 0 Å². The number of hydrogen-bond donors (Lipinski definition) is 1. The maximum Gasteiger partial charge on any atom is 0.0583 e. The minimum atomic E-state index is -0.152. The molecular weight excluding hydrogens is 208 g/mol. The van der Waals surface area contributed by atoms with E-state index >= 15 is 0 Å². The van der Waals surface area contributed by atoms with Gasteiger partial charge >= 0.3 is 0 Å². The first-order valence-corrected chi connectivity index (χ1v) is 6.81. The van der Waals surface area contributed by atoms with E-state index in [0.717, 1.165) is 18.8 Å². The Kier molecular flexibility index (Phi) is 3.88. The van der Waals surface area contributed by atoms with Crippen LogP contribution in [0.1, 0.15) is 47.9 Å². The number of rotatable bonds is 4. The van der Waals surface area contributed by atoms with Gasteiger partial charge in [0.05, 0.1) is 6.10 Å². The van der Waals surface area contributed by atoms with Gasteiger partial charge < -0.3 is 5.11 Å². The number of aliphatic hydroxyl groups is 1. The second kappa shape index (κ2) is 5.22. The van der Waals surface area contributed by atoms with Crippen molar-refractivity contribution in [3.63, 3.8) is 0 Å². The fraction of sp³-hybridized carbons (Fsp3) is 0.625. The van der Waals surface area contributed by atoms with Crippen LogP contribution in [0.15, 0.2) is 12.1 Å². The number of hydrogen-bond acceptors (Lipinski definition) is 1. The number of benzene rings is 1. The van der Waals surface area contributed by atoms with Crippen LogP contribution in [0.25, 0.3) is 0 Å². The summed E-state index contributed by atoms with van der Waals surface area (Å²) >= 11 is 0. The number of aliphatic hydroxyl groups excluding tert-OH is 1. The third-order valence-electron chi connectivity index (χ3n) is 4.11. The van der Waals surface area contributed by atoms with Gasteiger partial charge in [0.2, 0.25) is 0 Å². The van der Waals surface area contributed by atoms with E-state index in [2.05, 4.69) is 32.9 Å². The largest absolute Gasteiger partial charge is 0.393 e. The molecule has 1 N–H and O–H groups in total. The maximum absolute atomic E-state index is 10.2. The highest BCUT2D eigenvalue weighted by Gasteiger charge is 2.21. The van der Waals surface area contributed by atoms with Crippen LogP contribution in [0.2, 0.25) is 0 Å². The summed E-state index contributed by atoms with van der Waals surface area (Å²) in [5, 5.41) is 10.2. The lowest BCUT2D eigenvalue weighted by Crippen LogP contribution is -2.21. The Labute approximate surface area is 105 Å². The first kappa shape index (κ1) is 12.6. The van der Waals surface area contributed by atoms with Gasteiger partial charge in [0.15, 0.2) is 0 Å². The Morgan fingerprint density at radius 2 is 1.76 bits per heavy atom. The van der Waals surface area contributed by atoms with Crippen LogP contribution in [0.3, 0.4) is 0 Å². The summed E-state index contributed by atoms with van der Waals surface area (Å²) in [6.07, 6.45) is 5.67. The molecule has 1 aromatic carbocycles. The molecule has 1 heteroatoms. The summed E-state index contributed by atoms with van der Waals surface area (Å²) in [5.41, 5.74) is 5.32. The van der Waals surface area contributed by atoms with E-state index in [4.69, 9.17) is 0 Å². The highest BCUT2D eigenvalue weighted by Crippen LogP contribution is 2.31. The lowest BCUT2D eigenvalue weighted by molar-refractivity contribution is 0.117. The molecule has 0 bridgehead atoms. The second-order valence-corrected chi connectivity index (χ2v) is 5.77. The molecule has 1 aliphatic carbocycles. The topological polar surface area (TPSA) is 20.2 Å². The SMILES string of the molecule is Cc1cc(C)c(CC(O)CC2CCC2)c(C)c1. The molecule has 1 atom stereocenters. The van der Waals surface area contributed by atoms with Crippen molar-refractivity contribution < 1.29 is 5.11 Å². The summed E-state index contributed by atoms with van der Waals surface area (Å²) in [5.74, 6) is 0.788.